The lowest BCUT2D eigenvalue weighted by Crippen LogP contribution is -2.44. The smallest absolute Gasteiger partial charge is 0.209 e. The molecule has 6 nitrogen and oxygen atoms in total. The lowest BCUT2D eigenvalue weighted by atomic mass is 10.2. The highest BCUT2D eigenvalue weighted by atomic mass is 35.5. The summed E-state index contributed by atoms with van der Waals surface area (Å²) in [5.74, 6) is -0.202. The summed E-state index contributed by atoms with van der Waals surface area (Å²) in [5, 5.41) is 1.47. The molecule has 3 aromatic carbocycles. The van der Waals surface area contributed by atoms with Crippen LogP contribution in [0.15, 0.2) is 76.5 Å². The maximum absolute atomic E-state index is 13.6. The number of aromatic amines is 1. The van der Waals surface area contributed by atoms with Gasteiger partial charge in [-0.1, -0.05) is 47.5 Å². The van der Waals surface area contributed by atoms with Crippen molar-refractivity contribution in [2.75, 3.05) is 33.2 Å². The summed E-state index contributed by atoms with van der Waals surface area (Å²) in [6.45, 7) is 4.62. The van der Waals surface area contributed by atoms with Gasteiger partial charge in [0.15, 0.2) is 6.29 Å². The average molecular weight is 562 g/mol. The van der Waals surface area contributed by atoms with Gasteiger partial charge in [-0.25, -0.2) is 12.8 Å². The molecule has 37 heavy (non-hydrogen) atoms. The van der Waals surface area contributed by atoms with E-state index in [9.17, 15) is 17.6 Å². The number of sulfone groups is 1. The molecule has 0 bridgehead atoms. The van der Waals surface area contributed by atoms with Crippen molar-refractivity contribution < 1.29 is 17.6 Å². The second-order valence-corrected chi connectivity index (χ2v) is 11.5. The van der Waals surface area contributed by atoms with E-state index in [0.717, 1.165) is 26.2 Å². The van der Waals surface area contributed by atoms with Crippen molar-refractivity contribution in [3.63, 3.8) is 0 Å². The molecule has 0 aliphatic carbocycles. The highest BCUT2D eigenvalue weighted by Gasteiger charge is 2.26. The van der Waals surface area contributed by atoms with Crippen LogP contribution in [-0.4, -0.2) is 62.7 Å². The average Bonchev–Trinajstić information content (AvgIpc) is 3.28. The quantitative estimate of drug-likeness (QED) is 0.317. The highest BCUT2D eigenvalue weighted by molar-refractivity contribution is 7.91. The van der Waals surface area contributed by atoms with Crippen molar-refractivity contribution in [3.05, 3.63) is 93.8 Å². The fraction of sp³-hybridized carbons (Fsp3) is 0.222. The third-order valence-corrected chi connectivity index (χ3v) is 8.71. The van der Waals surface area contributed by atoms with Gasteiger partial charge in [0.2, 0.25) is 9.84 Å². The van der Waals surface area contributed by atoms with Gasteiger partial charge < -0.3 is 9.88 Å². The number of para-hydroxylation sites is 1. The van der Waals surface area contributed by atoms with Crippen LogP contribution in [0.25, 0.3) is 10.9 Å². The summed E-state index contributed by atoms with van der Waals surface area (Å²) < 4.78 is 39.1. The SMILES string of the molecule is CN1CCN(Cc2c(F)cccc2Cl)CC1.O=Cc1[nH]c2ccccc2c1S(=O)(=O)c1ccc(Cl)cc1. The van der Waals surface area contributed by atoms with Crippen LogP contribution < -0.4 is 0 Å². The van der Waals surface area contributed by atoms with E-state index in [4.69, 9.17) is 23.2 Å². The van der Waals surface area contributed by atoms with Gasteiger partial charge in [0.25, 0.3) is 0 Å². The number of hydrogen-bond acceptors (Lipinski definition) is 5. The third-order valence-electron chi connectivity index (χ3n) is 6.24. The van der Waals surface area contributed by atoms with Crippen LogP contribution in [0.3, 0.4) is 0 Å². The number of nitrogens with one attached hydrogen (secondary N) is 1. The van der Waals surface area contributed by atoms with Gasteiger partial charge in [0.05, 0.1) is 10.6 Å². The van der Waals surface area contributed by atoms with E-state index in [1.807, 2.05) is 0 Å². The van der Waals surface area contributed by atoms with Crippen LogP contribution in [-0.2, 0) is 16.4 Å². The van der Waals surface area contributed by atoms with Gasteiger partial charge in [-0.2, -0.15) is 0 Å². The van der Waals surface area contributed by atoms with E-state index in [0.29, 0.717) is 39.3 Å². The highest BCUT2D eigenvalue weighted by Crippen LogP contribution is 2.31. The number of likely N-dealkylation sites (N-methyl/N-ethyl adjacent to an activating group) is 1. The summed E-state index contributed by atoms with van der Waals surface area (Å²) in [4.78, 5) is 18.7. The van der Waals surface area contributed by atoms with Crippen LogP contribution in [0.2, 0.25) is 10.0 Å². The van der Waals surface area contributed by atoms with Crippen molar-refractivity contribution in [3.8, 4) is 0 Å². The molecule has 0 unspecified atom stereocenters. The first kappa shape index (κ1) is 27.3. The molecule has 0 spiro atoms. The van der Waals surface area contributed by atoms with Crippen LogP contribution >= 0.6 is 23.2 Å². The zero-order valence-electron chi connectivity index (χ0n) is 20.1. The molecule has 0 amide bonds. The fourth-order valence-corrected chi connectivity index (χ4v) is 6.09. The van der Waals surface area contributed by atoms with Crippen LogP contribution in [0.5, 0.6) is 0 Å². The molecule has 1 saturated heterocycles. The Balaban J connectivity index is 0.000000180. The van der Waals surface area contributed by atoms with E-state index in [1.165, 1.54) is 30.3 Å². The first-order chi connectivity index (χ1) is 17.7. The number of aromatic nitrogens is 1. The normalized spacial score (nSPS) is 14.8. The van der Waals surface area contributed by atoms with E-state index in [2.05, 4.69) is 21.8 Å². The van der Waals surface area contributed by atoms with Gasteiger partial charge in [-0.15, -0.1) is 0 Å². The second kappa shape index (κ2) is 11.8. The Bertz CT molecular complexity index is 1480. The van der Waals surface area contributed by atoms with Crippen molar-refractivity contribution >= 4 is 50.2 Å². The molecule has 0 radical (unpaired) electrons. The number of carbonyl (C=O) groups is 1. The Morgan fingerprint density at radius 3 is 2.27 bits per heavy atom. The lowest BCUT2D eigenvalue weighted by Gasteiger charge is -2.32. The predicted octanol–water partition coefficient (Wildman–Crippen LogP) is 5.69. The molecule has 1 aliphatic heterocycles. The van der Waals surface area contributed by atoms with Gasteiger partial charge in [0, 0.05) is 59.2 Å². The monoisotopic (exact) mass is 561 g/mol. The van der Waals surface area contributed by atoms with E-state index >= 15 is 0 Å². The number of nitrogens with zero attached hydrogens (tertiary/aromatic N) is 2. The minimum atomic E-state index is -3.80. The molecule has 1 fully saturated rings. The molecule has 2 heterocycles. The van der Waals surface area contributed by atoms with E-state index in [1.54, 1.807) is 36.4 Å². The second-order valence-electron chi connectivity index (χ2n) is 8.77. The number of benzene rings is 3. The third kappa shape index (κ3) is 6.22. The number of fused-ring (bicyclic) bond motifs is 1. The Morgan fingerprint density at radius 2 is 1.62 bits per heavy atom. The first-order valence-electron chi connectivity index (χ1n) is 11.6. The van der Waals surface area contributed by atoms with Crippen molar-refractivity contribution in [1.82, 2.24) is 14.8 Å². The number of hydrogen-bond donors (Lipinski definition) is 1. The number of aldehydes is 1. The number of piperazine rings is 1. The first-order valence-corrected chi connectivity index (χ1v) is 13.8. The molecule has 4 aromatic rings. The van der Waals surface area contributed by atoms with Gasteiger partial charge in [-0.3, -0.25) is 9.69 Å². The number of rotatable bonds is 5. The topological polar surface area (TPSA) is 73.5 Å². The van der Waals surface area contributed by atoms with Crippen molar-refractivity contribution in [2.24, 2.45) is 0 Å². The van der Waals surface area contributed by atoms with E-state index < -0.39 is 9.84 Å². The Kier molecular flexibility index (Phi) is 8.67. The van der Waals surface area contributed by atoms with Crippen LogP contribution in [0.1, 0.15) is 16.1 Å². The van der Waals surface area contributed by atoms with Gasteiger partial charge >= 0.3 is 0 Å². The summed E-state index contributed by atoms with van der Waals surface area (Å²) in [6.07, 6.45) is 0.517. The number of carbonyl (C=O) groups excluding carboxylic acids is 1. The Labute approximate surface area is 225 Å². The molecular formula is C27H26Cl2FN3O3S. The predicted molar refractivity (Wildman–Crippen MR) is 145 cm³/mol. The summed E-state index contributed by atoms with van der Waals surface area (Å²) in [5.41, 5.74) is 1.27. The van der Waals surface area contributed by atoms with E-state index in [-0.39, 0.29) is 21.3 Å². The van der Waals surface area contributed by atoms with Crippen molar-refractivity contribution in [2.45, 2.75) is 16.3 Å². The van der Waals surface area contributed by atoms with Crippen LogP contribution in [0.4, 0.5) is 4.39 Å². The van der Waals surface area contributed by atoms with Crippen molar-refractivity contribution in [1.29, 1.82) is 0 Å². The van der Waals surface area contributed by atoms with Gasteiger partial charge in [-0.05, 0) is 49.5 Å². The minimum absolute atomic E-state index is 0.00424. The molecule has 1 N–H and O–H groups in total. The summed E-state index contributed by atoms with van der Waals surface area (Å²) in [6, 6.07) is 17.6. The Hall–Kier alpha value is -2.75. The molecule has 0 atom stereocenters. The molecule has 194 valence electrons. The summed E-state index contributed by atoms with van der Waals surface area (Å²) >= 11 is 11.8. The molecule has 1 aromatic heterocycles. The largest absolute Gasteiger partial charge is 0.351 e. The summed E-state index contributed by atoms with van der Waals surface area (Å²) in [7, 11) is -1.70. The zero-order chi connectivity index (χ0) is 26.6. The fourth-order valence-electron chi connectivity index (χ4n) is 4.15. The molecule has 0 saturated carbocycles. The molecular weight excluding hydrogens is 536 g/mol. The lowest BCUT2D eigenvalue weighted by molar-refractivity contribution is 0.111. The Morgan fingerprint density at radius 1 is 0.946 bits per heavy atom. The molecule has 10 heteroatoms. The molecule has 1 aliphatic rings. The number of H-pyrrole nitrogens is 1. The maximum atomic E-state index is 13.6. The standard InChI is InChI=1S/C15H10ClNO3S.C12H16ClFN2/c16-10-5-7-11(8-6-10)21(19,20)15-12-3-1-2-4-13(12)17-14(15)9-18;1-15-5-7-16(8-6-15)9-10-11(13)3-2-4-12(10)14/h1-9,17H;2-4H,5-9H2,1H3. The van der Waals surface area contributed by atoms with Crippen LogP contribution in [0, 0.1) is 5.82 Å². The number of halogens is 3. The zero-order valence-corrected chi connectivity index (χ0v) is 22.5. The molecule has 5 rings (SSSR count). The van der Waals surface area contributed by atoms with Gasteiger partial charge in [0.1, 0.15) is 10.7 Å². The maximum Gasteiger partial charge on any atom is 0.209 e. The minimum Gasteiger partial charge on any atom is -0.351 e.